The first-order valence-corrected chi connectivity index (χ1v) is 12.1. The Balaban J connectivity index is 1.71. The first-order chi connectivity index (χ1) is 16.4. The zero-order valence-electron chi connectivity index (χ0n) is 18.6. The number of aryl methyl sites for hydroxylation is 2. The molecule has 2 heterocycles. The molecule has 1 aliphatic rings. The van der Waals surface area contributed by atoms with Crippen molar-refractivity contribution in [1.82, 2.24) is 4.98 Å². The summed E-state index contributed by atoms with van der Waals surface area (Å²) in [7, 11) is 0. The van der Waals surface area contributed by atoms with Gasteiger partial charge in [0, 0.05) is 10.6 Å². The van der Waals surface area contributed by atoms with Gasteiger partial charge in [-0.2, -0.15) is 0 Å². The van der Waals surface area contributed by atoms with Gasteiger partial charge in [0.25, 0.3) is 5.78 Å². The topological polar surface area (TPSA) is 70.5 Å². The van der Waals surface area contributed by atoms with Crippen LogP contribution in [0.4, 0.5) is 5.13 Å². The monoisotopic (exact) mass is 488 g/mol. The molecular weight excluding hydrogens is 468 g/mol. The third-order valence-corrected chi connectivity index (χ3v) is 7.28. The predicted octanol–water partition coefficient (Wildman–Crippen LogP) is 6.45. The Morgan fingerprint density at radius 2 is 1.76 bits per heavy atom. The first-order valence-electron chi connectivity index (χ1n) is 10.9. The highest BCUT2D eigenvalue weighted by Gasteiger charge is 2.48. The van der Waals surface area contributed by atoms with E-state index in [1.807, 2.05) is 31.2 Å². The number of aliphatic hydroxyl groups is 1. The average Bonchev–Trinajstić information content (AvgIpc) is 3.37. The van der Waals surface area contributed by atoms with Crippen LogP contribution in [-0.4, -0.2) is 21.8 Å². The number of aromatic nitrogens is 1. The van der Waals surface area contributed by atoms with Crippen molar-refractivity contribution < 1.29 is 14.7 Å². The number of benzene rings is 3. The van der Waals surface area contributed by atoms with Gasteiger partial charge in [-0.1, -0.05) is 77.9 Å². The molecule has 1 aliphatic heterocycles. The highest BCUT2D eigenvalue weighted by molar-refractivity contribution is 7.22. The van der Waals surface area contributed by atoms with Crippen LogP contribution in [0.3, 0.4) is 0 Å². The van der Waals surface area contributed by atoms with E-state index in [4.69, 9.17) is 11.6 Å². The van der Waals surface area contributed by atoms with E-state index in [1.54, 1.807) is 36.4 Å². The molecule has 1 fully saturated rings. The van der Waals surface area contributed by atoms with E-state index in [9.17, 15) is 14.7 Å². The second-order valence-corrected chi connectivity index (χ2v) is 9.68. The molecule has 0 aliphatic carbocycles. The fourth-order valence-electron chi connectivity index (χ4n) is 4.14. The molecule has 1 N–H and O–H groups in total. The molecule has 0 spiro atoms. The van der Waals surface area contributed by atoms with E-state index in [1.165, 1.54) is 21.8 Å². The molecule has 0 bridgehead atoms. The van der Waals surface area contributed by atoms with Crippen molar-refractivity contribution in [2.45, 2.75) is 26.3 Å². The van der Waals surface area contributed by atoms with Gasteiger partial charge in [-0.05, 0) is 48.7 Å². The smallest absolute Gasteiger partial charge is 0.301 e. The summed E-state index contributed by atoms with van der Waals surface area (Å²) in [6.07, 6.45) is 0.884. The average molecular weight is 489 g/mol. The van der Waals surface area contributed by atoms with Crippen molar-refractivity contribution >= 4 is 55.7 Å². The van der Waals surface area contributed by atoms with Crippen LogP contribution in [0, 0.1) is 6.92 Å². The molecule has 0 radical (unpaired) electrons. The lowest BCUT2D eigenvalue weighted by Gasteiger charge is -2.23. The molecule has 4 aromatic rings. The van der Waals surface area contributed by atoms with Crippen LogP contribution in [0.15, 0.2) is 72.3 Å². The summed E-state index contributed by atoms with van der Waals surface area (Å²) in [6, 6.07) is 19.3. The van der Waals surface area contributed by atoms with Crippen molar-refractivity contribution in [3.8, 4) is 0 Å². The van der Waals surface area contributed by atoms with Crippen molar-refractivity contribution in [3.63, 3.8) is 0 Å². The molecular formula is C27H21ClN2O3S. The number of anilines is 1. The molecule has 1 atom stereocenters. The number of ketones is 1. The number of amides is 1. The van der Waals surface area contributed by atoms with Gasteiger partial charge in [0.15, 0.2) is 5.13 Å². The summed E-state index contributed by atoms with van der Waals surface area (Å²) in [4.78, 5) is 32.7. The Kier molecular flexibility index (Phi) is 5.71. The van der Waals surface area contributed by atoms with Gasteiger partial charge in [-0.15, -0.1) is 0 Å². The van der Waals surface area contributed by atoms with E-state index < -0.39 is 17.7 Å². The number of halogens is 1. The summed E-state index contributed by atoms with van der Waals surface area (Å²) in [5.41, 5.74) is 4.10. The van der Waals surface area contributed by atoms with Crippen molar-refractivity contribution in [3.05, 3.63) is 99.6 Å². The summed E-state index contributed by atoms with van der Waals surface area (Å²) >= 11 is 7.46. The first kappa shape index (κ1) is 22.3. The number of carbonyl (C=O) groups is 2. The normalized spacial score (nSPS) is 17.6. The lowest BCUT2D eigenvalue weighted by molar-refractivity contribution is -0.132. The maximum atomic E-state index is 13.3. The standard InChI is InChI=1S/C27H21ClN2O3S/c1-3-16-6-13-20-21(14-16)34-27(29-20)30-23(17-9-11-19(28)12-10-17)22(25(32)26(30)33)24(31)18-7-4-15(2)5-8-18/h4-14,23,31H,3H2,1-2H3. The number of carbonyl (C=O) groups excluding carboxylic acids is 2. The lowest BCUT2D eigenvalue weighted by atomic mass is 9.95. The summed E-state index contributed by atoms with van der Waals surface area (Å²) in [5.74, 6) is -1.68. The Labute approximate surface area is 205 Å². The fourth-order valence-corrected chi connectivity index (χ4v) is 5.32. The van der Waals surface area contributed by atoms with Crippen LogP contribution in [0.25, 0.3) is 16.0 Å². The van der Waals surface area contributed by atoms with Crippen LogP contribution >= 0.6 is 22.9 Å². The largest absolute Gasteiger partial charge is 0.507 e. The van der Waals surface area contributed by atoms with Crippen molar-refractivity contribution in [2.24, 2.45) is 0 Å². The third kappa shape index (κ3) is 3.79. The van der Waals surface area contributed by atoms with Gasteiger partial charge in [-0.3, -0.25) is 14.5 Å². The van der Waals surface area contributed by atoms with Gasteiger partial charge in [0.2, 0.25) is 0 Å². The quantitative estimate of drug-likeness (QED) is 0.204. The maximum Gasteiger partial charge on any atom is 0.301 e. The van der Waals surface area contributed by atoms with Gasteiger partial charge >= 0.3 is 5.91 Å². The Hall–Kier alpha value is -3.48. The minimum Gasteiger partial charge on any atom is -0.507 e. The summed E-state index contributed by atoms with van der Waals surface area (Å²) in [6.45, 7) is 4.01. The number of thiazole rings is 1. The van der Waals surface area contributed by atoms with Crippen LogP contribution < -0.4 is 4.90 Å². The van der Waals surface area contributed by atoms with E-state index in [-0.39, 0.29) is 11.3 Å². The molecule has 170 valence electrons. The Bertz CT molecular complexity index is 1460. The number of Topliss-reactive ketones (excluding diaryl/α,β-unsaturated/α-hetero) is 1. The predicted molar refractivity (Wildman–Crippen MR) is 136 cm³/mol. The van der Waals surface area contributed by atoms with Gasteiger partial charge in [0.1, 0.15) is 5.76 Å². The van der Waals surface area contributed by atoms with Crippen LogP contribution in [0.1, 0.15) is 35.2 Å². The molecule has 1 unspecified atom stereocenters. The van der Waals surface area contributed by atoms with Gasteiger partial charge < -0.3 is 5.11 Å². The number of rotatable bonds is 4. The SMILES string of the molecule is CCc1ccc2nc(N3C(=O)C(=O)C(=C(O)c4ccc(C)cc4)C3c3ccc(Cl)cc3)sc2c1. The number of aliphatic hydroxyl groups excluding tert-OH is 1. The number of fused-ring (bicyclic) bond motifs is 1. The minimum absolute atomic E-state index is 0.0321. The molecule has 5 nitrogen and oxygen atoms in total. The Morgan fingerprint density at radius 3 is 2.44 bits per heavy atom. The van der Waals surface area contributed by atoms with E-state index in [2.05, 4.69) is 18.0 Å². The van der Waals surface area contributed by atoms with E-state index in [0.29, 0.717) is 21.3 Å². The minimum atomic E-state index is -0.829. The van der Waals surface area contributed by atoms with Gasteiger partial charge in [-0.25, -0.2) is 4.98 Å². The van der Waals surface area contributed by atoms with Crippen molar-refractivity contribution in [2.75, 3.05) is 4.90 Å². The van der Waals surface area contributed by atoms with Gasteiger partial charge in [0.05, 0.1) is 21.8 Å². The van der Waals surface area contributed by atoms with Crippen molar-refractivity contribution in [1.29, 1.82) is 0 Å². The molecule has 1 amide bonds. The van der Waals surface area contributed by atoms with Crippen LogP contribution in [0.5, 0.6) is 0 Å². The van der Waals surface area contributed by atoms with Crippen LogP contribution in [0.2, 0.25) is 5.02 Å². The molecule has 1 aromatic heterocycles. The second-order valence-electron chi connectivity index (χ2n) is 8.24. The molecule has 3 aromatic carbocycles. The molecule has 34 heavy (non-hydrogen) atoms. The second kappa shape index (κ2) is 8.70. The molecule has 7 heteroatoms. The number of nitrogens with zero attached hydrogens (tertiary/aromatic N) is 2. The highest BCUT2D eigenvalue weighted by Crippen LogP contribution is 2.44. The summed E-state index contributed by atoms with van der Waals surface area (Å²) < 4.78 is 0.935. The molecule has 1 saturated heterocycles. The zero-order valence-corrected chi connectivity index (χ0v) is 20.2. The lowest BCUT2D eigenvalue weighted by Crippen LogP contribution is -2.29. The highest BCUT2D eigenvalue weighted by atomic mass is 35.5. The Morgan fingerprint density at radius 1 is 1.06 bits per heavy atom. The number of hydrogen-bond donors (Lipinski definition) is 1. The summed E-state index contributed by atoms with van der Waals surface area (Å²) in [5, 5.41) is 12.1. The van der Waals surface area contributed by atoms with E-state index in [0.717, 1.165) is 22.2 Å². The zero-order chi connectivity index (χ0) is 24.0. The third-order valence-electron chi connectivity index (χ3n) is 6.01. The van der Waals surface area contributed by atoms with E-state index >= 15 is 0 Å². The number of hydrogen-bond acceptors (Lipinski definition) is 5. The fraction of sp³-hybridized carbons (Fsp3) is 0.148. The van der Waals surface area contributed by atoms with Crippen LogP contribution in [-0.2, 0) is 16.0 Å². The maximum absolute atomic E-state index is 13.3. The molecule has 0 saturated carbocycles. The molecule has 5 rings (SSSR count).